The van der Waals surface area contributed by atoms with E-state index >= 15 is 0 Å². The Morgan fingerprint density at radius 2 is 1.48 bits per heavy atom. The Morgan fingerprint density at radius 1 is 0.806 bits per heavy atom. The average Bonchev–Trinajstić information content (AvgIpc) is 3.37. The highest BCUT2D eigenvalue weighted by molar-refractivity contribution is 7.29. The SMILES string of the molecule is CCCCOc1ccc(-c2cc3sc(CC[C@H]4CC[C@H](CCCC)CC4)cc3s2)cc1. The third-order valence-electron chi connectivity index (χ3n) is 6.89. The van der Waals surface area contributed by atoms with E-state index in [1.165, 1.54) is 84.0 Å². The number of fused-ring (bicyclic) bond motifs is 1. The van der Waals surface area contributed by atoms with Crippen LogP contribution in [-0.4, -0.2) is 6.61 Å². The maximum absolute atomic E-state index is 5.80. The first-order chi connectivity index (χ1) is 15.2. The summed E-state index contributed by atoms with van der Waals surface area (Å²) in [4.78, 5) is 2.96. The Morgan fingerprint density at radius 3 is 2.16 bits per heavy atom. The Bertz CT molecular complexity index is 881. The van der Waals surface area contributed by atoms with Gasteiger partial charge in [-0.15, -0.1) is 22.7 Å². The van der Waals surface area contributed by atoms with Gasteiger partial charge in [-0.1, -0.05) is 65.2 Å². The number of benzene rings is 1. The van der Waals surface area contributed by atoms with Crippen LogP contribution >= 0.6 is 22.7 Å². The molecule has 1 nitrogen and oxygen atoms in total. The van der Waals surface area contributed by atoms with E-state index in [4.69, 9.17) is 4.74 Å². The number of unbranched alkanes of at least 4 members (excludes halogenated alkanes) is 2. The van der Waals surface area contributed by atoms with Crippen LogP contribution in [0.3, 0.4) is 0 Å². The molecule has 0 spiro atoms. The smallest absolute Gasteiger partial charge is 0.119 e. The van der Waals surface area contributed by atoms with Crippen molar-refractivity contribution in [2.75, 3.05) is 6.61 Å². The zero-order valence-electron chi connectivity index (χ0n) is 19.3. The topological polar surface area (TPSA) is 9.23 Å². The van der Waals surface area contributed by atoms with Crippen molar-refractivity contribution in [3.05, 3.63) is 41.3 Å². The first-order valence-electron chi connectivity index (χ1n) is 12.5. The van der Waals surface area contributed by atoms with Crippen LogP contribution in [0.1, 0.15) is 82.9 Å². The number of aryl methyl sites for hydroxylation is 1. The molecular formula is C28H38OS2. The zero-order valence-corrected chi connectivity index (χ0v) is 21.0. The van der Waals surface area contributed by atoms with E-state index < -0.39 is 0 Å². The van der Waals surface area contributed by atoms with Crippen molar-refractivity contribution >= 4 is 32.1 Å². The maximum atomic E-state index is 5.80. The summed E-state index contributed by atoms with van der Waals surface area (Å²) in [5, 5.41) is 0. The Hall–Kier alpha value is -1.32. The predicted octanol–water partition coefficient (Wildman–Crippen LogP) is 9.74. The van der Waals surface area contributed by atoms with Gasteiger partial charge in [0.2, 0.25) is 0 Å². The lowest BCUT2D eigenvalue weighted by Crippen LogP contribution is -2.15. The molecule has 3 heteroatoms. The van der Waals surface area contributed by atoms with E-state index in [1.54, 1.807) is 4.88 Å². The fraction of sp³-hybridized carbons (Fsp3) is 0.571. The summed E-state index contributed by atoms with van der Waals surface area (Å²) in [6.45, 7) is 5.33. The fourth-order valence-electron chi connectivity index (χ4n) is 4.85. The summed E-state index contributed by atoms with van der Waals surface area (Å²) >= 11 is 3.95. The van der Waals surface area contributed by atoms with Crippen molar-refractivity contribution in [1.29, 1.82) is 0 Å². The van der Waals surface area contributed by atoms with Crippen LogP contribution in [0.15, 0.2) is 36.4 Å². The average molecular weight is 455 g/mol. The molecule has 3 aromatic rings. The van der Waals surface area contributed by atoms with Gasteiger partial charge in [0.25, 0.3) is 0 Å². The Balaban J connectivity index is 1.28. The van der Waals surface area contributed by atoms with E-state index in [0.717, 1.165) is 30.6 Å². The fourth-order valence-corrected chi connectivity index (χ4v) is 7.29. The largest absolute Gasteiger partial charge is 0.494 e. The van der Waals surface area contributed by atoms with E-state index in [-0.39, 0.29) is 0 Å². The van der Waals surface area contributed by atoms with Gasteiger partial charge in [0.05, 0.1) is 6.61 Å². The Kier molecular flexibility index (Phi) is 8.49. The van der Waals surface area contributed by atoms with Gasteiger partial charge in [0, 0.05) is 19.2 Å². The van der Waals surface area contributed by atoms with Gasteiger partial charge in [0.15, 0.2) is 0 Å². The van der Waals surface area contributed by atoms with Gasteiger partial charge in [-0.05, 0) is 73.1 Å². The molecule has 2 aromatic heterocycles. The molecule has 0 radical (unpaired) electrons. The van der Waals surface area contributed by atoms with Gasteiger partial charge in [-0.3, -0.25) is 0 Å². The van der Waals surface area contributed by atoms with Gasteiger partial charge in [0.1, 0.15) is 5.75 Å². The molecule has 4 rings (SSSR count). The molecule has 0 unspecified atom stereocenters. The number of ether oxygens (including phenoxy) is 1. The van der Waals surface area contributed by atoms with Crippen molar-refractivity contribution in [3.63, 3.8) is 0 Å². The van der Waals surface area contributed by atoms with Gasteiger partial charge < -0.3 is 4.74 Å². The zero-order chi connectivity index (χ0) is 21.5. The minimum atomic E-state index is 0.813. The summed E-state index contributed by atoms with van der Waals surface area (Å²) in [5.41, 5.74) is 1.30. The summed E-state index contributed by atoms with van der Waals surface area (Å²) in [5.74, 6) is 2.97. The van der Waals surface area contributed by atoms with Crippen LogP contribution in [0, 0.1) is 11.8 Å². The van der Waals surface area contributed by atoms with Crippen molar-refractivity contribution in [1.82, 2.24) is 0 Å². The molecule has 168 valence electrons. The first-order valence-corrected chi connectivity index (χ1v) is 14.1. The van der Waals surface area contributed by atoms with E-state index in [9.17, 15) is 0 Å². The molecule has 0 N–H and O–H groups in total. The van der Waals surface area contributed by atoms with Gasteiger partial charge in [-0.2, -0.15) is 0 Å². The first kappa shape index (κ1) is 22.9. The third kappa shape index (κ3) is 6.35. The monoisotopic (exact) mass is 454 g/mol. The summed E-state index contributed by atoms with van der Waals surface area (Å²) in [6, 6.07) is 13.5. The van der Waals surface area contributed by atoms with Crippen LogP contribution in [0.2, 0.25) is 0 Å². The second kappa shape index (κ2) is 11.5. The van der Waals surface area contributed by atoms with Crippen molar-refractivity contribution in [3.8, 4) is 16.2 Å². The van der Waals surface area contributed by atoms with E-state index in [0.29, 0.717) is 0 Å². The van der Waals surface area contributed by atoms with Gasteiger partial charge in [-0.25, -0.2) is 0 Å². The molecule has 1 fully saturated rings. The molecule has 1 saturated carbocycles. The molecule has 1 aliphatic rings. The second-order valence-corrected chi connectivity index (χ2v) is 11.6. The summed E-state index contributed by atoms with van der Waals surface area (Å²) in [6.07, 6.45) is 15.1. The minimum absolute atomic E-state index is 0.813. The van der Waals surface area contributed by atoms with Crippen LogP contribution in [-0.2, 0) is 6.42 Å². The molecule has 1 aliphatic carbocycles. The predicted molar refractivity (Wildman–Crippen MR) is 139 cm³/mol. The lowest BCUT2D eigenvalue weighted by Gasteiger charge is -2.28. The summed E-state index contributed by atoms with van der Waals surface area (Å²) in [7, 11) is 0. The quantitative estimate of drug-likeness (QED) is 0.262. The molecule has 0 amide bonds. The molecule has 0 saturated heterocycles. The molecule has 31 heavy (non-hydrogen) atoms. The Labute approximate surface area is 196 Å². The highest BCUT2D eigenvalue weighted by atomic mass is 32.1. The third-order valence-corrected chi connectivity index (χ3v) is 9.30. The number of hydrogen-bond donors (Lipinski definition) is 0. The summed E-state index contributed by atoms with van der Waals surface area (Å²) < 4.78 is 8.72. The standard InChI is InChI=1S/C28H38OS2/c1-3-5-7-21-8-10-22(11-9-21)12-17-25-19-27-28(30-25)20-26(31-27)23-13-15-24(16-14-23)29-18-6-4-2/h13-16,19-22H,3-12,17-18H2,1-2H3/t21-,22-. The highest BCUT2D eigenvalue weighted by Gasteiger charge is 2.21. The van der Waals surface area contributed by atoms with E-state index in [2.05, 4.69) is 50.2 Å². The molecule has 1 aromatic carbocycles. The number of thiophene rings is 2. The number of hydrogen-bond acceptors (Lipinski definition) is 3. The molecule has 0 bridgehead atoms. The normalized spacial score (nSPS) is 19.2. The van der Waals surface area contributed by atoms with Crippen molar-refractivity contribution in [2.45, 2.75) is 84.5 Å². The van der Waals surface area contributed by atoms with Crippen LogP contribution < -0.4 is 4.74 Å². The van der Waals surface area contributed by atoms with Gasteiger partial charge >= 0.3 is 0 Å². The molecular weight excluding hydrogens is 416 g/mol. The number of rotatable bonds is 11. The molecule has 2 heterocycles. The van der Waals surface area contributed by atoms with Crippen LogP contribution in [0.4, 0.5) is 0 Å². The molecule has 0 aliphatic heterocycles. The molecule has 0 atom stereocenters. The highest BCUT2D eigenvalue weighted by Crippen LogP contribution is 2.40. The van der Waals surface area contributed by atoms with E-state index in [1.807, 2.05) is 22.7 Å². The minimum Gasteiger partial charge on any atom is -0.494 e. The lowest BCUT2D eigenvalue weighted by molar-refractivity contribution is 0.250. The van der Waals surface area contributed by atoms with Crippen molar-refractivity contribution < 1.29 is 4.74 Å². The van der Waals surface area contributed by atoms with Crippen LogP contribution in [0.5, 0.6) is 5.75 Å². The van der Waals surface area contributed by atoms with Crippen molar-refractivity contribution in [2.24, 2.45) is 11.8 Å². The van der Waals surface area contributed by atoms with Crippen LogP contribution in [0.25, 0.3) is 19.8 Å². The maximum Gasteiger partial charge on any atom is 0.119 e. The second-order valence-electron chi connectivity index (χ2n) is 9.35. The lowest BCUT2D eigenvalue weighted by atomic mass is 9.78.